The van der Waals surface area contributed by atoms with Gasteiger partial charge in [0.15, 0.2) is 0 Å². The fourth-order valence-electron chi connectivity index (χ4n) is 3.01. The molecule has 2 aromatic carbocycles. The largest absolute Gasteiger partial charge is 0.493 e. The number of hydrogen-bond acceptors (Lipinski definition) is 3. The number of aromatic carboxylic acids is 1. The summed E-state index contributed by atoms with van der Waals surface area (Å²) < 4.78 is 33.1. The van der Waals surface area contributed by atoms with E-state index in [-0.39, 0.29) is 22.9 Å². The lowest BCUT2D eigenvalue weighted by Crippen LogP contribution is -2.33. The van der Waals surface area contributed by atoms with E-state index in [0.29, 0.717) is 18.9 Å². The molecule has 27 heavy (non-hydrogen) atoms. The Bertz CT molecular complexity index is 911. The molecule has 0 spiro atoms. The zero-order valence-electron chi connectivity index (χ0n) is 14.3. The molecular weight excluding hydrogens is 380 g/mol. The zero-order chi connectivity index (χ0) is 19.8. The highest BCUT2D eigenvalue weighted by Crippen LogP contribution is 2.39. The molecule has 1 aliphatic rings. The number of carbonyl (C=O) groups excluding carboxylic acids is 1. The van der Waals surface area contributed by atoms with Crippen molar-refractivity contribution in [1.82, 2.24) is 5.32 Å². The third kappa shape index (κ3) is 3.88. The molecule has 142 valence electrons. The minimum absolute atomic E-state index is 0.132. The average molecular weight is 396 g/mol. The number of ether oxygens (including phenoxy) is 1. The topological polar surface area (TPSA) is 75.6 Å². The Kier molecular flexibility index (Phi) is 5.06. The summed E-state index contributed by atoms with van der Waals surface area (Å²) in [6.07, 6.45) is 0.365. The Labute approximate surface area is 158 Å². The Balaban J connectivity index is 1.99. The van der Waals surface area contributed by atoms with E-state index < -0.39 is 35.0 Å². The molecule has 5 nitrogen and oxygen atoms in total. The standard InChI is InChI=1S/C19H16ClF2NO4/c1-19(21,22)13-9-16-12(8-11(13)18(25)26)15(6-7-27-16)23-17(24)10-4-2-3-5-14(10)20/h2-5,8-9,15H,6-7H2,1H3,(H,23,24)(H,25,26). The summed E-state index contributed by atoms with van der Waals surface area (Å²) in [6.45, 7) is 0.822. The average Bonchev–Trinajstić information content (AvgIpc) is 2.60. The van der Waals surface area contributed by atoms with Crippen molar-refractivity contribution in [1.29, 1.82) is 0 Å². The van der Waals surface area contributed by atoms with Gasteiger partial charge in [-0.25, -0.2) is 13.6 Å². The van der Waals surface area contributed by atoms with E-state index in [0.717, 1.165) is 12.1 Å². The number of carbonyl (C=O) groups is 2. The number of carboxylic acids is 1. The summed E-state index contributed by atoms with van der Waals surface area (Å²) in [5, 5.41) is 12.4. The summed E-state index contributed by atoms with van der Waals surface area (Å²) in [7, 11) is 0. The van der Waals surface area contributed by atoms with Gasteiger partial charge in [-0.15, -0.1) is 0 Å². The molecule has 1 unspecified atom stereocenters. The van der Waals surface area contributed by atoms with Crippen molar-refractivity contribution in [3.8, 4) is 5.75 Å². The van der Waals surface area contributed by atoms with E-state index in [1.807, 2.05) is 0 Å². The molecule has 0 bridgehead atoms. The normalized spacial score (nSPS) is 16.2. The van der Waals surface area contributed by atoms with Crippen LogP contribution in [0.3, 0.4) is 0 Å². The number of benzene rings is 2. The number of carboxylic acid groups (broad SMARTS) is 1. The van der Waals surface area contributed by atoms with Gasteiger partial charge in [0.25, 0.3) is 11.8 Å². The number of hydrogen-bond donors (Lipinski definition) is 2. The minimum atomic E-state index is -3.35. The number of rotatable bonds is 4. The quantitative estimate of drug-likeness (QED) is 0.804. The predicted octanol–water partition coefficient (Wildman–Crippen LogP) is 4.40. The van der Waals surface area contributed by atoms with Crippen molar-refractivity contribution in [3.63, 3.8) is 0 Å². The van der Waals surface area contributed by atoms with Crippen LogP contribution in [0.5, 0.6) is 5.75 Å². The van der Waals surface area contributed by atoms with Crippen LogP contribution in [0.2, 0.25) is 5.02 Å². The predicted molar refractivity (Wildman–Crippen MR) is 94.7 cm³/mol. The number of fused-ring (bicyclic) bond motifs is 1. The first-order valence-corrected chi connectivity index (χ1v) is 8.54. The molecule has 8 heteroatoms. The van der Waals surface area contributed by atoms with Gasteiger partial charge in [-0.2, -0.15) is 0 Å². The molecule has 1 amide bonds. The van der Waals surface area contributed by atoms with E-state index >= 15 is 0 Å². The van der Waals surface area contributed by atoms with E-state index in [1.54, 1.807) is 24.3 Å². The van der Waals surface area contributed by atoms with E-state index in [2.05, 4.69) is 5.32 Å². The Morgan fingerprint density at radius 3 is 2.59 bits per heavy atom. The first-order chi connectivity index (χ1) is 12.7. The summed E-state index contributed by atoms with van der Waals surface area (Å²) in [5.74, 6) is -5.14. The summed E-state index contributed by atoms with van der Waals surface area (Å²) in [4.78, 5) is 24.0. The molecule has 2 N–H and O–H groups in total. The van der Waals surface area contributed by atoms with Crippen LogP contribution in [0.15, 0.2) is 36.4 Å². The van der Waals surface area contributed by atoms with Gasteiger partial charge in [0.1, 0.15) is 5.75 Å². The Morgan fingerprint density at radius 1 is 1.26 bits per heavy atom. The number of amides is 1. The maximum atomic E-state index is 13.8. The molecule has 0 aromatic heterocycles. The fraction of sp³-hybridized carbons (Fsp3) is 0.263. The van der Waals surface area contributed by atoms with Crippen LogP contribution in [0.4, 0.5) is 8.78 Å². The van der Waals surface area contributed by atoms with Crippen molar-refractivity contribution >= 4 is 23.5 Å². The molecule has 3 rings (SSSR count). The van der Waals surface area contributed by atoms with Crippen molar-refractivity contribution in [2.45, 2.75) is 25.3 Å². The van der Waals surface area contributed by atoms with Crippen LogP contribution < -0.4 is 10.1 Å². The second-order valence-electron chi connectivity index (χ2n) is 6.27. The van der Waals surface area contributed by atoms with Crippen LogP contribution in [0.1, 0.15) is 51.2 Å². The fourth-order valence-corrected chi connectivity index (χ4v) is 3.23. The number of nitrogens with one attached hydrogen (secondary N) is 1. The maximum absolute atomic E-state index is 13.8. The molecule has 0 aliphatic carbocycles. The molecule has 0 fully saturated rings. The Morgan fingerprint density at radius 2 is 1.96 bits per heavy atom. The molecule has 1 heterocycles. The molecule has 0 radical (unpaired) electrons. The van der Waals surface area contributed by atoms with Gasteiger partial charge in [-0.1, -0.05) is 23.7 Å². The lowest BCUT2D eigenvalue weighted by molar-refractivity contribution is 0.0149. The third-order valence-electron chi connectivity index (χ3n) is 4.32. The highest BCUT2D eigenvalue weighted by Gasteiger charge is 2.34. The smallest absolute Gasteiger partial charge is 0.336 e. The molecule has 1 aliphatic heterocycles. The lowest BCUT2D eigenvalue weighted by Gasteiger charge is -2.28. The monoisotopic (exact) mass is 395 g/mol. The van der Waals surface area contributed by atoms with Crippen LogP contribution >= 0.6 is 11.6 Å². The van der Waals surface area contributed by atoms with Crippen LogP contribution in [-0.2, 0) is 5.92 Å². The lowest BCUT2D eigenvalue weighted by atomic mass is 9.92. The first-order valence-electron chi connectivity index (χ1n) is 8.16. The zero-order valence-corrected chi connectivity index (χ0v) is 15.0. The van der Waals surface area contributed by atoms with Crippen LogP contribution in [-0.4, -0.2) is 23.6 Å². The SMILES string of the molecule is CC(F)(F)c1cc2c(cc1C(=O)O)C(NC(=O)c1ccccc1Cl)CCO2. The van der Waals surface area contributed by atoms with Crippen LogP contribution in [0, 0.1) is 0 Å². The molecule has 0 saturated heterocycles. The Hall–Kier alpha value is -2.67. The first kappa shape index (κ1) is 19.1. The van der Waals surface area contributed by atoms with Gasteiger partial charge in [0, 0.05) is 24.5 Å². The van der Waals surface area contributed by atoms with E-state index in [4.69, 9.17) is 16.3 Å². The van der Waals surface area contributed by atoms with Gasteiger partial charge < -0.3 is 15.2 Å². The van der Waals surface area contributed by atoms with Crippen molar-refractivity contribution in [3.05, 3.63) is 63.7 Å². The molecular formula is C19H16ClF2NO4. The summed E-state index contributed by atoms with van der Waals surface area (Å²) in [5.41, 5.74) is -0.551. The minimum Gasteiger partial charge on any atom is -0.493 e. The number of halogens is 3. The van der Waals surface area contributed by atoms with Crippen molar-refractivity contribution < 1.29 is 28.2 Å². The van der Waals surface area contributed by atoms with Gasteiger partial charge in [0.05, 0.1) is 28.8 Å². The van der Waals surface area contributed by atoms with Crippen molar-refractivity contribution in [2.75, 3.05) is 6.61 Å². The highest BCUT2D eigenvalue weighted by atomic mass is 35.5. The molecule has 1 atom stereocenters. The third-order valence-corrected chi connectivity index (χ3v) is 4.65. The highest BCUT2D eigenvalue weighted by molar-refractivity contribution is 6.33. The van der Waals surface area contributed by atoms with Gasteiger partial charge in [-0.3, -0.25) is 4.79 Å². The summed E-state index contributed by atoms with van der Waals surface area (Å²) in [6, 6.07) is 8.07. The van der Waals surface area contributed by atoms with Gasteiger partial charge in [0.2, 0.25) is 0 Å². The van der Waals surface area contributed by atoms with Crippen LogP contribution in [0.25, 0.3) is 0 Å². The van der Waals surface area contributed by atoms with E-state index in [9.17, 15) is 23.5 Å². The molecule has 2 aromatic rings. The second-order valence-corrected chi connectivity index (χ2v) is 6.68. The van der Waals surface area contributed by atoms with Crippen molar-refractivity contribution in [2.24, 2.45) is 0 Å². The number of alkyl halides is 2. The van der Waals surface area contributed by atoms with Gasteiger partial charge in [-0.05, 0) is 24.3 Å². The van der Waals surface area contributed by atoms with E-state index in [1.165, 1.54) is 0 Å². The summed E-state index contributed by atoms with van der Waals surface area (Å²) >= 11 is 6.03. The second kappa shape index (κ2) is 7.15. The van der Waals surface area contributed by atoms with Gasteiger partial charge >= 0.3 is 5.97 Å². The molecule has 0 saturated carbocycles. The maximum Gasteiger partial charge on any atom is 0.336 e.